The standard InChI is InChI=1S/C16H26N2O.ClH/c1-12-5-4-6-13(2)15(12)19-10-9-18-16(3,11-17)14-7-8-14;/h4-6,14,18H,7-11,17H2,1-3H3;1H. The van der Waals surface area contributed by atoms with Crippen LogP contribution in [0.5, 0.6) is 5.75 Å². The van der Waals surface area contributed by atoms with E-state index < -0.39 is 0 Å². The predicted octanol–water partition coefficient (Wildman–Crippen LogP) is 2.82. The molecular weight excluding hydrogens is 272 g/mol. The Morgan fingerprint density at radius 1 is 1.30 bits per heavy atom. The Morgan fingerprint density at radius 2 is 1.90 bits per heavy atom. The molecule has 1 atom stereocenters. The molecule has 0 amide bonds. The Morgan fingerprint density at radius 3 is 2.40 bits per heavy atom. The summed E-state index contributed by atoms with van der Waals surface area (Å²) in [4.78, 5) is 0. The summed E-state index contributed by atoms with van der Waals surface area (Å²) < 4.78 is 5.90. The first-order valence-electron chi connectivity index (χ1n) is 7.21. The van der Waals surface area contributed by atoms with Crippen molar-refractivity contribution < 1.29 is 4.74 Å². The first kappa shape index (κ1) is 17.3. The van der Waals surface area contributed by atoms with Crippen LogP contribution in [0.4, 0.5) is 0 Å². The van der Waals surface area contributed by atoms with Gasteiger partial charge in [-0.25, -0.2) is 0 Å². The fourth-order valence-electron chi connectivity index (χ4n) is 2.62. The zero-order chi connectivity index (χ0) is 13.9. The third-order valence-corrected chi connectivity index (χ3v) is 4.19. The van der Waals surface area contributed by atoms with Crippen molar-refractivity contribution in [3.8, 4) is 5.75 Å². The van der Waals surface area contributed by atoms with Gasteiger partial charge in [-0.1, -0.05) is 18.2 Å². The zero-order valence-corrected chi connectivity index (χ0v) is 13.6. The minimum Gasteiger partial charge on any atom is -0.492 e. The maximum atomic E-state index is 5.90. The van der Waals surface area contributed by atoms with Gasteiger partial charge in [0.25, 0.3) is 0 Å². The summed E-state index contributed by atoms with van der Waals surface area (Å²) in [5, 5.41) is 3.57. The maximum absolute atomic E-state index is 5.90. The minimum atomic E-state index is 0. The van der Waals surface area contributed by atoms with Gasteiger partial charge < -0.3 is 15.8 Å². The summed E-state index contributed by atoms with van der Waals surface area (Å²) in [5.41, 5.74) is 8.37. The number of aryl methyl sites for hydroxylation is 2. The molecule has 1 aromatic carbocycles. The highest BCUT2D eigenvalue weighted by Gasteiger charge is 2.39. The topological polar surface area (TPSA) is 47.3 Å². The van der Waals surface area contributed by atoms with E-state index in [1.54, 1.807) is 0 Å². The van der Waals surface area contributed by atoms with Crippen molar-refractivity contribution in [1.29, 1.82) is 0 Å². The van der Waals surface area contributed by atoms with Gasteiger partial charge in [0.2, 0.25) is 0 Å². The Hall–Kier alpha value is -0.770. The van der Waals surface area contributed by atoms with E-state index in [0.717, 1.165) is 18.2 Å². The summed E-state index contributed by atoms with van der Waals surface area (Å²) in [6, 6.07) is 6.24. The van der Waals surface area contributed by atoms with Gasteiger partial charge in [-0.3, -0.25) is 0 Å². The number of rotatable bonds is 7. The van der Waals surface area contributed by atoms with Crippen LogP contribution < -0.4 is 15.8 Å². The summed E-state index contributed by atoms with van der Waals surface area (Å²) in [6.45, 7) is 8.63. The van der Waals surface area contributed by atoms with Crippen molar-refractivity contribution >= 4 is 12.4 Å². The quantitative estimate of drug-likeness (QED) is 0.761. The van der Waals surface area contributed by atoms with Crippen LogP contribution in [0, 0.1) is 19.8 Å². The molecule has 0 radical (unpaired) electrons. The monoisotopic (exact) mass is 298 g/mol. The summed E-state index contributed by atoms with van der Waals surface area (Å²) in [7, 11) is 0. The number of halogens is 1. The van der Waals surface area contributed by atoms with Crippen LogP contribution in [0.3, 0.4) is 0 Å². The van der Waals surface area contributed by atoms with Crippen molar-refractivity contribution in [2.45, 2.75) is 39.2 Å². The molecule has 1 unspecified atom stereocenters. The van der Waals surface area contributed by atoms with Crippen LogP contribution in [-0.4, -0.2) is 25.2 Å². The van der Waals surface area contributed by atoms with Gasteiger partial charge in [0.05, 0.1) is 0 Å². The van der Waals surface area contributed by atoms with Crippen molar-refractivity contribution in [2.75, 3.05) is 19.7 Å². The minimum absolute atomic E-state index is 0. The van der Waals surface area contributed by atoms with Crippen LogP contribution in [0.15, 0.2) is 18.2 Å². The molecule has 2 rings (SSSR count). The molecule has 0 aromatic heterocycles. The number of para-hydroxylation sites is 1. The van der Waals surface area contributed by atoms with Crippen molar-refractivity contribution in [3.05, 3.63) is 29.3 Å². The second-order valence-corrected chi connectivity index (χ2v) is 5.89. The van der Waals surface area contributed by atoms with Gasteiger partial charge in [0, 0.05) is 18.6 Å². The van der Waals surface area contributed by atoms with Crippen LogP contribution in [0.1, 0.15) is 30.9 Å². The molecule has 0 bridgehead atoms. The third kappa shape index (κ3) is 4.11. The summed E-state index contributed by atoms with van der Waals surface area (Å²) in [5.74, 6) is 1.77. The van der Waals surface area contributed by atoms with Gasteiger partial charge in [-0.05, 0) is 50.7 Å². The normalized spacial score (nSPS) is 17.2. The SMILES string of the molecule is Cc1cccc(C)c1OCCNC(C)(CN)C1CC1.Cl. The van der Waals surface area contributed by atoms with Gasteiger partial charge in [0.1, 0.15) is 12.4 Å². The smallest absolute Gasteiger partial charge is 0.125 e. The molecule has 0 spiro atoms. The average molecular weight is 299 g/mol. The van der Waals surface area contributed by atoms with E-state index >= 15 is 0 Å². The molecule has 3 N–H and O–H groups in total. The molecule has 1 fully saturated rings. The van der Waals surface area contributed by atoms with E-state index in [9.17, 15) is 0 Å². The molecule has 20 heavy (non-hydrogen) atoms. The van der Waals surface area contributed by atoms with Crippen LogP contribution in [0.25, 0.3) is 0 Å². The second-order valence-electron chi connectivity index (χ2n) is 5.89. The number of ether oxygens (including phenoxy) is 1. The van der Waals surface area contributed by atoms with E-state index in [1.807, 2.05) is 0 Å². The molecule has 1 saturated carbocycles. The fraction of sp³-hybridized carbons (Fsp3) is 0.625. The van der Waals surface area contributed by atoms with Gasteiger partial charge >= 0.3 is 0 Å². The summed E-state index contributed by atoms with van der Waals surface area (Å²) in [6.07, 6.45) is 2.61. The largest absolute Gasteiger partial charge is 0.492 e. The lowest BCUT2D eigenvalue weighted by Crippen LogP contribution is -2.51. The van der Waals surface area contributed by atoms with Crippen molar-refractivity contribution in [3.63, 3.8) is 0 Å². The van der Waals surface area contributed by atoms with Gasteiger partial charge in [-0.2, -0.15) is 0 Å². The highest BCUT2D eigenvalue weighted by atomic mass is 35.5. The van der Waals surface area contributed by atoms with Crippen molar-refractivity contribution in [2.24, 2.45) is 11.7 Å². The molecule has 1 aliphatic rings. The lowest BCUT2D eigenvalue weighted by molar-refractivity contribution is 0.260. The number of benzene rings is 1. The maximum Gasteiger partial charge on any atom is 0.125 e. The van der Waals surface area contributed by atoms with Gasteiger partial charge in [-0.15, -0.1) is 12.4 Å². The highest BCUT2D eigenvalue weighted by molar-refractivity contribution is 5.85. The molecule has 4 heteroatoms. The van der Waals surface area contributed by atoms with Gasteiger partial charge in [0.15, 0.2) is 0 Å². The predicted molar refractivity (Wildman–Crippen MR) is 86.8 cm³/mol. The summed E-state index contributed by atoms with van der Waals surface area (Å²) >= 11 is 0. The van der Waals surface area contributed by atoms with E-state index in [2.05, 4.69) is 44.3 Å². The molecule has 1 aliphatic carbocycles. The fourth-order valence-corrected chi connectivity index (χ4v) is 2.62. The molecule has 0 aliphatic heterocycles. The van der Waals surface area contributed by atoms with Crippen LogP contribution in [0.2, 0.25) is 0 Å². The van der Waals surface area contributed by atoms with Crippen LogP contribution in [-0.2, 0) is 0 Å². The van der Waals surface area contributed by atoms with E-state index in [1.165, 1.54) is 24.0 Å². The van der Waals surface area contributed by atoms with E-state index in [-0.39, 0.29) is 17.9 Å². The Balaban J connectivity index is 0.00000200. The third-order valence-electron chi connectivity index (χ3n) is 4.19. The average Bonchev–Trinajstić information content (AvgIpc) is 3.21. The molecule has 3 nitrogen and oxygen atoms in total. The lowest BCUT2D eigenvalue weighted by Gasteiger charge is -2.29. The highest BCUT2D eigenvalue weighted by Crippen LogP contribution is 2.38. The zero-order valence-electron chi connectivity index (χ0n) is 12.7. The second kappa shape index (κ2) is 7.30. The van der Waals surface area contributed by atoms with E-state index in [0.29, 0.717) is 13.2 Å². The number of nitrogens with one attached hydrogen (secondary N) is 1. The Labute approximate surface area is 128 Å². The van der Waals surface area contributed by atoms with Crippen molar-refractivity contribution in [1.82, 2.24) is 5.32 Å². The first-order chi connectivity index (χ1) is 9.07. The molecule has 114 valence electrons. The number of hydrogen-bond donors (Lipinski definition) is 2. The van der Waals surface area contributed by atoms with E-state index in [4.69, 9.17) is 10.5 Å². The number of hydrogen-bond acceptors (Lipinski definition) is 3. The Kier molecular flexibility index (Phi) is 6.31. The molecule has 1 aromatic rings. The first-order valence-corrected chi connectivity index (χ1v) is 7.21. The molecule has 0 heterocycles. The van der Waals surface area contributed by atoms with Crippen LogP contribution >= 0.6 is 12.4 Å². The molecule has 0 saturated heterocycles. The number of nitrogens with two attached hydrogens (primary N) is 1. The molecular formula is C16H27ClN2O. The Bertz CT molecular complexity index is 414. The lowest BCUT2D eigenvalue weighted by atomic mass is 9.96.